The molecule has 1 fully saturated rings. The highest BCUT2D eigenvalue weighted by Gasteiger charge is 2.49. The van der Waals surface area contributed by atoms with Crippen molar-refractivity contribution in [2.45, 2.75) is 74.3 Å². The summed E-state index contributed by atoms with van der Waals surface area (Å²) < 4.78 is 6.63. The Hall–Kier alpha value is -1.45. The Morgan fingerprint density at radius 1 is 1.26 bits per heavy atom. The molecular formula is C26H34ClNO5S2. The maximum absolute atomic E-state index is 13.3. The van der Waals surface area contributed by atoms with E-state index in [2.05, 4.69) is 11.9 Å². The minimum absolute atomic E-state index is 0.0463. The van der Waals surface area contributed by atoms with Gasteiger partial charge in [0.15, 0.2) is 15.8 Å². The van der Waals surface area contributed by atoms with Crippen LogP contribution in [0.4, 0.5) is 0 Å². The van der Waals surface area contributed by atoms with E-state index < -0.39 is 23.6 Å². The van der Waals surface area contributed by atoms with E-state index >= 15 is 0 Å². The number of aliphatic hydroxyl groups is 1. The third-order valence-corrected chi connectivity index (χ3v) is 9.02. The number of halogens is 1. The van der Waals surface area contributed by atoms with Crippen LogP contribution in [-0.2, 0) is 16.0 Å². The van der Waals surface area contributed by atoms with Gasteiger partial charge in [-0.3, -0.25) is 4.79 Å². The van der Waals surface area contributed by atoms with Crippen molar-refractivity contribution < 1.29 is 24.5 Å². The van der Waals surface area contributed by atoms with Gasteiger partial charge in [-0.2, -0.15) is 0 Å². The number of carbonyl (C=O) groups excluding carboxylic acids is 1. The van der Waals surface area contributed by atoms with Gasteiger partial charge in [0.05, 0.1) is 11.5 Å². The molecule has 1 aromatic carbocycles. The summed E-state index contributed by atoms with van der Waals surface area (Å²) in [6.45, 7) is 4.65. The average Bonchev–Trinajstić information content (AvgIpc) is 3.40. The number of thiazole rings is 1. The Labute approximate surface area is 220 Å². The first-order valence-electron chi connectivity index (χ1n) is 12.2. The summed E-state index contributed by atoms with van der Waals surface area (Å²) in [6, 6.07) is 7.95. The van der Waals surface area contributed by atoms with E-state index in [1.165, 1.54) is 28.5 Å². The summed E-state index contributed by atoms with van der Waals surface area (Å²) in [5.41, 5.74) is 2.03. The summed E-state index contributed by atoms with van der Waals surface area (Å²) in [5, 5.41) is 20.5. The molecule has 5 atom stereocenters. The number of aliphatic hydroxyl groups excluding tert-OH is 1. The van der Waals surface area contributed by atoms with Gasteiger partial charge in [-0.1, -0.05) is 62.7 Å². The molecular weight excluding hydrogens is 506 g/mol. The van der Waals surface area contributed by atoms with Gasteiger partial charge in [-0.25, -0.2) is 9.78 Å². The van der Waals surface area contributed by atoms with Crippen LogP contribution in [0.2, 0.25) is 0 Å². The van der Waals surface area contributed by atoms with Gasteiger partial charge < -0.3 is 14.9 Å². The molecule has 1 aliphatic carbocycles. The van der Waals surface area contributed by atoms with Crippen molar-refractivity contribution in [3.05, 3.63) is 46.5 Å². The Morgan fingerprint density at radius 2 is 2.00 bits per heavy atom. The molecule has 0 amide bonds. The largest absolute Gasteiger partial charge is 0.476 e. The van der Waals surface area contributed by atoms with Crippen LogP contribution in [0, 0.1) is 11.8 Å². The van der Waals surface area contributed by atoms with E-state index in [0.29, 0.717) is 29.5 Å². The molecule has 0 aliphatic heterocycles. The van der Waals surface area contributed by atoms with Crippen LogP contribution in [0.5, 0.6) is 0 Å². The number of aromatic nitrogens is 1. The van der Waals surface area contributed by atoms with E-state index in [1.54, 1.807) is 0 Å². The van der Waals surface area contributed by atoms with Crippen molar-refractivity contribution in [3.63, 3.8) is 0 Å². The molecule has 4 unspecified atom stereocenters. The van der Waals surface area contributed by atoms with E-state index in [9.17, 15) is 14.7 Å². The molecule has 3 rings (SSSR count). The second-order valence-electron chi connectivity index (χ2n) is 8.95. The Bertz CT molecular complexity index is 967. The third-order valence-electron chi connectivity index (χ3n) is 6.41. The zero-order chi connectivity index (χ0) is 25.4. The molecule has 6 nitrogen and oxygen atoms in total. The lowest BCUT2D eigenvalue weighted by atomic mass is 9.87. The molecule has 0 bridgehead atoms. The zero-order valence-corrected chi connectivity index (χ0v) is 22.6. The van der Waals surface area contributed by atoms with Gasteiger partial charge in [0.2, 0.25) is 0 Å². The first kappa shape index (κ1) is 28.1. The predicted molar refractivity (Wildman–Crippen MR) is 141 cm³/mol. The number of benzene rings is 1. The maximum Gasteiger partial charge on any atom is 0.355 e. The highest BCUT2D eigenvalue weighted by molar-refractivity contribution is 8.01. The van der Waals surface area contributed by atoms with Gasteiger partial charge in [0.25, 0.3) is 0 Å². The first-order valence-corrected chi connectivity index (χ1v) is 14.5. The van der Waals surface area contributed by atoms with Crippen molar-refractivity contribution >= 4 is 46.5 Å². The quantitative estimate of drug-likeness (QED) is 0.172. The van der Waals surface area contributed by atoms with Crippen molar-refractivity contribution in [2.75, 3.05) is 12.4 Å². The molecule has 0 radical (unpaired) electrons. The SMILES string of the molecule is CCCCOC1C(=O)[C@H](CCSc2nc(C(=O)O)cs2)C(Cc2ccc(C(O)CCC)cc2)C1Cl. The number of carbonyl (C=O) groups is 2. The Kier molecular flexibility index (Phi) is 11.0. The van der Waals surface area contributed by atoms with Crippen molar-refractivity contribution in [3.8, 4) is 0 Å². The molecule has 1 heterocycles. The van der Waals surface area contributed by atoms with E-state index in [1.807, 2.05) is 31.2 Å². The molecule has 35 heavy (non-hydrogen) atoms. The number of carboxylic acid groups (broad SMARTS) is 1. The predicted octanol–water partition coefficient (Wildman–Crippen LogP) is 6.01. The van der Waals surface area contributed by atoms with E-state index in [0.717, 1.165) is 36.8 Å². The van der Waals surface area contributed by atoms with Gasteiger partial charge in [0, 0.05) is 23.7 Å². The molecule has 1 saturated carbocycles. The molecule has 2 aromatic rings. The van der Waals surface area contributed by atoms with Crippen molar-refractivity contribution in [1.82, 2.24) is 4.98 Å². The van der Waals surface area contributed by atoms with E-state index in [-0.39, 0.29) is 23.3 Å². The van der Waals surface area contributed by atoms with Gasteiger partial charge in [-0.05, 0) is 42.7 Å². The molecule has 0 saturated heterocycles. The standard InChI is InChI=1S/C26H34ClNO5S2/c1-3-5-12-33-24-22(27)19(14-16-7-9-17(10-8-16)21(29)6-4-2)18(23(24)30)11-13-34-26-28-20(15-35-26)25(31)32/h7-10,15,18-19,21-22,24,29H,3-6,11-14H2,1-2H3,(H,31,32)/t18-,19?,21?,22?,24?/m1/s1. The minimum Gasteiger partial charge on any atom is -0.476 e. The number of Topliss-reactive ketones (excluding diaryl/α,β-unsaturated/α-hetero) is 1. The van der Waals surface area contributed by atoms with Crippen LogP contribution < -0.4 is 0 Å². The average molecular weight is 540 g/mol. The van der Waals surface area contributed by atoms with Crippen LogP contribution in [-0.4, -0.2) is 50.8 Å². The number of rotatable bonds is 14. The highest BCUT2D eigenvalue weighted by atomic mass is 35.5. The van der Waals surface area contributed by atoms with Crippen LogP contribution in [0.15, 0.2) is 34.0 Å². The number of ether oxygens (including phenoxy) is 1. The summed E-state index contributed by atoms with van der Waals surface area (Å²) >= 11 is 9.62. The lowest BCUT2D eigenvalue weighted by Crippen LogP contribution is -2.28. The lowest BCUT2D eigenvalue weighted by Gasteiger charge is -2.21. The van der Waals surface area contributed by atoms with Gasteiger partial charge >= 0.3 is 5.97 Å². The second kappa shape index (κ2) is 13.7. The summed E-state index contributed by atoms with van der Waals surface area (Å²) in [5.74, 6) is -0.626. The van der Waals surface area contributed by atoms with Crippen molar-refractivity contribution in [1.29, 1.82) is 0 Å². The highest BCUT2D eigenvalue weighted by Crippen LogP contribution is 2.40. The number of hydrogen-bond acceptors (Lipinski definition) is 7. The Morgan fingerprint density at radius 3 is 2.63 bits per heavy atom. The number of alkyl halides is 1. The summed E-state index contributed by atoms with van der Waals surface area (Å²) in [6.07, 6.45) is 3.73. The molecule has 0 spiro atoms. The zero-order valence-electron chi connectivity index (χ0n) is 20.2. The number of nitrogens with zero attached hydrogens (tertiary/aromatic N) is 1. The summed E-state index contributed by atoms with van der Waals surface area (Å²) in [4.78, 5) is 28.5. The molecule has 2 N–H and O–H groups in total. The minimum atomic E-state index is -1.04. The number of thioether (sulfide) groups is 1. The first-order chi connectivity index (χ1) is 16.8. The number of carboxylic acids is 1. The van der Waals surface area contributed by atoms with Crippen molar-refractivity contribution in [2.24, 2.45) is 11.8 Å². The summed E-state index contributed by atoms with van der Waals surface area (Å²) in [7, 11) is 0. The Balaban J connectivity index is 1.69. The fraction of sp³-hybridized carbons (Fsp3) is 0.577. The lowest BCUT2D eigenvalue weighted by molar-refractivity contribution is -0.130. The fourth-order valence-electron chi connectivity index (χ4n) is 4.45. The normalized spacial score (nSPS) is 23.0. The molecule has 1 aromatic heterocycles. The molecule has 1 aliphatic rings. The van der Waals surface area contributed by atoms with E-state index in [4.69, 9.17) is 21.4 Å². The smallest absolute Gasteiger partial charge is 0.355 e. The second-order valence-corrected chi connectivity index (χ2v) is 11.7. The number of hydrogen-bond donors (Lipinski definition) is 2. The monoisotopic (exact) mass is 539 g/mol. The van der Waals surface area contributed by atoms with Crippen LogP contribution in [0.3, 0.4) is 0 Å². The fourth-order valence-corrected chi connectivity index (χ4v) is 6.80. The van der Waals surface area contributed by atoms with Crippen LogP contribution >= 0.6 is 34.7 Å². The number of unbranched alkanes of at least 4 members (excludes halogenated alkanes) is 1. The third kappa shape index (κ3) is 7.52. The van der Waals surface area contributed by atoms with Gasteiger partial charge in [-0.15, -0.1) is 22.9 Å². The number of ketones is 1. The molecule has 9 heteroatoms. The van der Waals surface area contributed by atoms with Crippen LogP contribution in [0.25, 0.3) is 0 Å². The number of aromatic carboxylic acids is 1. The van der Waals surface area contributed by atoms with Crippen LogP contribution in [0.1, 0.15) is 73.7 Å². The van der Waals surface area contributed by atoms with Gasteiger partial charge in [0.1, 0.15) is 6.10 Å². The maximum atomic E-state index is 13.3. The topological polar surface area (TPSA) is 96.7 Å². The molecule has 192 valence electrons.